The summed E-state index contributed by atoms with van der Waals surface area (Å²) in [4.78, 5) is 24.3. The van der Waals surface area contributed by atoms with Gasteiger partial charge in [-0.3, -0.25) is 4.79 Å². The fourth-order valence-electron chi connectivity index (χ4n) is 2.59. The maximum Gasteiger partial charge on any atom is 0.338 e. The summed E-state index contributed by atoms with van der Waals surface area (Å²) in [7, 11) is 1.43. The molecule has 0 bridgehead atoms. The zero-order chi connectivity index (χ0) is 21.3. The summed E-state index contributed by atoms with van der Waals surface area (Å²) in [6.45, 7) is -0.130. The van der Waals surface area contributed by atoms with Gasteiger partial charge >= 0.3 is 5.97 Å². The molecule has 0 saturated carbocycles. The molecule has 6 nitrogen and oxygen atoms in total. The van der Waals surface area contributed by atoms with Crippen LogP contribution in [0.5, 0.6) is 11.5 Å². The Labute approximate surface area is 173 Å². The first-order valence-corrected chi connectivity index (χ1v) is 9.12. The van der Waals surface area contributed by atoms with E-state index in [2.05, 4.69) is 5.32 Å². The second-order valence-electron chi connectivity index (χ2n) is 6.27. The number of benzene rings is 3. The van der Waals surface area contributed by atoms with Crippen LogP contribution in [0.4, 0.5) is 10.1 Å². The Morgan fingerprint density at radius 3 is 2.37 bits per heavy atom. The number of hydrogen-bond donors (Lipinski definition) is 1. The van der Waals surface area contributed by atoms with Gasteiger partial charge in [0.1, 0.15) is 12.4 Å². The Kier molecular flexibility index (Phi) is 7.00. The molecule has 1 amide bonds. The molecule has 30 heavy (non-hydrogen) atoms. The molecule has 3 aromatic rings. The lowest BCUT2D eigenvalue weighted by molar-refractivity contribution is -0.118. The quantitative estimate of drug-likeness (QED) is 0.564. The number of ether oxygens (including phenoxy) is 3. The normalized spacial score (nSPS) is 10.2. The molecule has 7 heteroatoms. The molecule has 3 aromatic carbocycles. The first kappa shape index (κ1) is 20.9. The highest BCUT2D eigenvalue weighted by Gasteiger charge is 2.14. The Morgan fingerprint density at radius 2 is 1.67 bits per heavy atom. The molecule has 0 aromatic heterocycles. The molecule has 0 aliphatic heterocycles. The van der Waals surface area contributed by atoms with Crippen molar-refractivity contribution in [1.29, 1.82) is 0 Å². The van der Waals surface area contributed by atoms with Crippen LogP contribution in [0.15, 0.2) is 72.8 Å². The van der Waals surface area contributed by atoms with E-state index >= 15 is 0 Å². The Bertz CT molecular complexity index is 1010. The van der Waals surface area contributed by atoms with E-state index in [1.54, 1.807) is 0 Å². The molecular formula is C23H20FNO5. The molecule has 0 radical (unpaired) electrons. The molecular weight excluding hydrogens is 389 g/mol. The van der Waals surface area contributed by atoms with E-state index in [-0.39, 0.29) is 13.2 Å². The van der Waals surface area contributed by atoms with Crippen LogP contribution in [0.25, 0.3) is 0 Å². The lowest BCUT2D eigenvalue weighted by Crippen LogP contribution is -2.20. The summed E-state index contributed by atoms with van der Waals surface area (Å²) in [6, 6.07) is 19.3. The fourth-order valence-corrected chi connectivity index (χ4v) is 2.59. The van der Waals surface area contributed by atoms with E-state index in [0.29, 0.717) is 22.7 Å². The molecule has 0 saturated heterocycles. The topological polar surface area (TPSA) is 73.9 Å². The van der Waals surface area contributed by atoms with Crippen LogP contribution in [-0.4, -0.2) is 25.6 Å². The average Bonchev–Trinajstić information content (AvgIpc) is 2.78. The molecule has 0 aliphatic rings. The SMILES string of the molecule is COc1cc(C(=O)OCc2ccccc2)ccc1OCC(=O)Nc1ccc(F)cc1. The van der Waals surface area contributed by atoms with Gasteiger partial charge in [-0.15, -0.1) is 0 Å². The second-order valence-corrected chi connectivity index (χ2v) is 6.27. The number of amides is 1. The highest BCUT2D eigenvalue weighted by atomic mass is 19.1. The molecule has 3 rings (SSSR count). The van der Waals surface area contributed by atoms with Gasteiger partial charge < -0.3 is 19.5 Å². The number of carbonyl (C=O) groups is 2. The summed E-state index contributed by atoms with van der Waals surface area (Å²) in [5.41, 5.74) is 1.63. The van der Waals surface area contributed by atoms with Crippen molar-refractivity contribution in [3.63, 3.8) is 0 Å². The average molecular weight is 409 g/mol. The maximum absolute atomic E-state index is 12.9. The minimum atomic E-state index is -0.502. The third-order valence-electron chi connectivity index (χ3n) is 4.10. The molecule has 0 atom stereocenters. The van der Waals surface area contributed by atoms with Crippen molar-refractivity contribution in [1.82, 2.24) is 0 Å². The van der Waals surface area contributed by atoms with Gasteiger partial charge in [0, 0.05) is 5.69 Å². The smallest absolute Gasteiger partial charge is 0.338 e. The van der Waals surface area contributed by atoms with Crippen molar-refractivity contribution >= 4 is 17.6 Å². The largest absolute Gasteiger partial charge is 0.493 e. The van der Waals surface area contributed by atoms with Crippen LogP contribution in [0, 0.1) is 5.82 Å². The lowest BCUT2D eigenvalue weighted by atomic mass is 10.2. The number of carbonyl (C=O) groups excluding carboxylic acids is 2. The standard InChI is InChI=1S/C23H20FNO5/c1-28-21-13-17(23(27)30-14-16-5-3-2-4-6-16)7-12-20(21)29-15-22(26)25-19-10-8-18(24)9-11-19/h2-13H,14-15H2,1H3,(H,25,26). The molecule has 0 heterocycles. The van der Waals surface area contributed by atoms with Crippen LogP contribution >= 0.6 is 0 Å². The van der Waals surface area contributed by atoms with Crippen LogP contribution < -0.4 is 14.8 Å². The monoisotopic (exact) mass is 409 g/mol. The lowest BCUT2D eigenvalue weighted by Gasteiger charge is -2.12. The number of methoxy groups -OCH3 is 1. The van der Waals surface area contributed by atoms with Crippen LogP contribution in [0.1, 0.15) is 15.9 Å². The van der Waals surface area contributed by atoms with Gasteiger partial charge in [0.15, 0.2) is 18.1 Å². The number of esters is 1. The van der Waals surface area contributed by atoms with Crippen molar-refractivity contribution < 1.29 is 28.2 Å². The minimum absolute atomic E-state index is 0.157. The highest BCUT2D eigenvalue weighted by molar-refractivity contribution is 5.92. The Morgan fingerprint density at radius 1 is 0.933 bits per heavy atom. The van der Waals surface area contributed by atoms with E-state index in [9.17, 15) is 14.0 Å². The van der Waals surface area contributed by atoms with Gasteiger partial charge in [-0.05, 0) is 48.0 Å². The minimum Gasteiger partial charge on any atom is -0.493 e. The van der Waals surface area contributed by atoms with Crippen molar-refractivity contribution in [2.45, 2.75) is 6.61 Å². The van der Waals surface area contributed by atoms with E-state index in [1.165, 1.54) is 49.6 Å². The molecule has 0 aliphatic carbocycles. The Hall–Kier alpha value is -3.87. The predicted molar refractivity (Wildman–Crippen MR) is 109 cm³/mol. The fraction of sp³-hybridized carbons (Fsp3) is 0.130. The molecule has 0 fully saturated rings. The van der Waals surface area contributed by atoms with Gasteiger partial charge in [-0.1, -0.05) is 30.3 Å². The van der Waals surface area contributed by atoms with E-state index < -0.39 is 17.7 Å². The molecule has 0 spiro atoms. The number of rotatable bonds is 8. The number of anilines is 1. The van der Waals surface area contributed by atoms with Crippen molar-refractivity contribution in [3.8, 4) is 11.5 Å². The van der Waals surface area contributed by atoms with E-state index in [1.807, 2.05) is 30.3 Å². The van der Waals surface area contributed by atoms with Crippen LogP contribution in [0.3, 0.4) is 0 Å². The number of nitrogens with one attached hydrogen (secondary N) is 1. The molecule has 1 N–H and O–H groups in total. The Balaban J connectivity index is 1.57. The first-order chi connectivity index (χ1) is 14.5. The zero-order valence-electron chi connectivity index (χ0n) is 16.3. The summed E-state index contributed by atoms with van der Waals surface area (Å²) < 4.78 is 29.0. The van der Waals surface area contributed by atoms with E-state index in [0.717, 1.165) is 5.56 Å². The van der Waals surface area contributed by atoms with Gasteiger partial charge in [0.25, 0.3) is 5.91 Å². The van der Waals surface area contributed by atoms with Crippen molar-refractivity contribution in [2.24, 2.45) is 0 Å². The van der Waals surface area contributed by atoms with Gasteiger partial charge in [0.2, 0.25) is 0 Å². The van der Waals surface area contributed by atoms with Crippen LogP contribution in [0.2, 0.25) is 0 Å². The summed E-state index contributed by atoms with van der Waals surface area (Å²) in [5.74, 6) is -0.728. The predicted octanol–water partition coefficient (Wildman–Crippen LogP) is 4.21. The van der Waals surface area contributed by atoms with Gasteiger partial charge in [-0.2, -0.15) is 0 Å². The summed E-state index contributed by atoms with van der Waals surface area (Å²) in [5, 5.41) is 2.59. The number of hydrogen-bond acceptors (Lipinski definition) is 5. The van der Waals surface area contributed by atoms with Crippen LogP contribution in [-0.2, 0) is 16.1 Å². The van der Waals surface area contributed by atoms with Crippen molar-refractivity contribution in [3.05, 3.63) is 89.7 Å². The molecule has 0 unspecified atom stereocenters. The van der Waals surface area contributed by atoms with Gasteiger partial charge in [0.05, 0.1) is 12.7 Å². The summed E-state index contributed by atoms with van der Waals surface area (Å²) >= 11 is 0. The first-order valence-electron chi connectivity index (χ1n) is 9.12. The van der Waals surface area contributed by atoms with E-state index in [4.69, 9.17) is 14.2 Å². The third-order valence-corrected chi connectivity index (χ3v) is 4.10. The highest BCUT2D eigenvalue weighted by Crippen LogP contribution is 2.28. The second kappa shape index (κ2) is 10.1. The summed E-state index contributed by atoms with van der Waals surface area (Å²) in [6.07, 6.45) is 0. The number of halogens is 1. The molecule has 154 valence electrons. The third kappa shape index (κ3) is 5.81. The maximum atomic E-state index is 12.9. The van der Waals surface area contributed by atoms with Crippen molar-refractivity contribution in [2.75, 3.05) is 19.0 Å². The van der Waals surface area contributed by atoms with Gasteiger partial charge in [-0.25, -0.2) is 9.18 Å². The zero-order valence-corrected chi connectivity index (χ0v) is 16.3.